The highest BCUT2D eigenvalue weighted by Crippen LogP contribution is 2.46. The molecule has 1 aliphatic heterocycles. The molecule has 2 aromatic rings. The molecule has 0 spiro atoms. The lowest BCUT2D eigenvalue weighted by Crippen LogP contribution is -2.38. The average molecular weight is 652 g/mol. The van der Waals surface area contributed by atoms with Gasteiger partial charge in [-0.1, -0.05) is 58.7 Å². The van der Waals surface area contributed by atoms with Crippen LogP contribution in [-0.2, 0) is 23.6 Å². The summed E-state index contributed by atoms with van der Waals surface area (Å²) in [6.07, 6.45) is -1.53. The van der Waals surface area contributed by atoms with E-state index in [0.717, 1.165) is 17.5 Å². The Bertz CT molecular complexity index is 1350. The van der Waals surface area contributed by atoms with Gasteiger partial charge in [-0.3, -0.25) is 14.2 Å². The molecule has 2 heterocycles. The monoisotopic (exact) mass is 651 g/mol. The third-order valence-corrected chi connectivity index (χ3v) is 9.33. The summed E-state index contributed by atoms with van der Waals surface area (Å²) >= 11 is 0. The van der Waals surface area contributed by atoms with Crippen molar-refractivity contribution in [2.24, 2.45) is 11.8 Å². The van der Waals surface area contributed by atoms with Gasteiger partial charge in [-0.25, -0.2) is 9.88 Å². The molecule has 1 aliphatic rings. The number of hydrogen-bond donors (Lipinski definition) is 4. The standard InChI is InChI=1S/C30H46N5O9P/c1-6-11-21(12-7-2)27(38)32-24-17-31-35(30(40)33-24)28-26(37)25(36)23(43-28)15-16-45(41,44-22-13-9-8-10-14-22)34-20(5)29(39)42-18-19(3)4/h8-10,13-14,17,19-21,23,25-26,28,36-37H,6-7,11-12,15-16,18H2,1-5H3,(H,34,41)(H,32,33,38,40)/t20-,23+,25?,26-,28+,45?/m0/s1. The van der Waals surface area contributed by atoms with E-state index < -0.39 is 49.8 Å². The Balaban J connectivity index is 1.71. The zero-order valence-electron chi connectivity index (χ0n) is 26.5. The minimum atomic E-state index is -3.80. The number of aliphatic hydroxyl groups is 2. The zero-order valence-corrected chi connectivity index (χ0v) is 27.4. The van der Waals surface area contributed by atoms with Crippen LogP contribution in [-0.4, -0.2) is 74.0 Å². The summed E-state index contributed by atoms with van der Waals surface area (Å²) in [6, 6.07) is 7.42. The minimum Gasteiger partial charge on any atom is -0.464 e. The maximum Gasteiger partial charge on any atom is 0.368 e. The number of rotatable bonds is 17. The highest BCUT2D eigenvalue weighted by molar-refractivity contribution is 7.57. The summed E-state index contributed by atoms with van der Waals surface area (Å²) in [5, 5.41) is 30.9. The number of carbonyl (C=O) groups is 2. The quantitative estimate of drug-likeness (QED) is 0.144. The number of ether oxygens (including phenoxy) is 2. The van der Waals surface area contributed by atoms with Gasteiger partial charge in [0, 0.05) is 5.92 Å². The van der Waals surface area contributed by atoms with Crippen LogP contribution < -0.4 is 20.6 Å². The Hall–Kier alpha value is -3.16. The molecule has 0 bridgehead atoms. The van der Waals surface area contributed by atoms with E-state index in [4.69, 9.17) is 14.0 Å². The first-order valence-corrected chi connectivity index (χ1v) is 17.2. The average Bonchev–Trinajstić information content (AvgIpc) is 3.27. The van der Waals surface area contributed by atoms with Crippen LogP contribution in [0.5, 0.6) is 5.75 Å². The molecule has 1 fully saturated rings. The van der Waals surface area contributed by atoms with E-state index in [1.807, 2.05) is 27.7 Å². The van der Waals surface area contributed by atoms with Crippen LogP contribution in [0.15, 0.2) is 41.3 Å². The number of benzene rings is 1. The Kier molecular flexibility index (Phi) is 13.7. The predicted octanol–water partition coefficient (Wildman–Crippen LogP) is 3.25. The van der Waals surface area contributed by atoms with Gasteiger partial charge in [0.15, 0.2) is 12.0 Å². The van der Waals surface area contributed by atoms with Crippen molar-refractivity contribution in [2.45, 2.75) is 97.3 Å². The Labute approximate surface area is 263 Å². The smallest absolute Gasteiger partial charge is 0.368 e. The highest BCUT2D eigenvalue weighted by atomic mass is 31.2. The van der Waals surface area contributed by atoms with Crippen molar-refractivity contribution in [1.82, 2.24) is 19.9 Å². The van der Waals surface area contributed by atoms with Crippen LogP contribution in [0.25, 0.3) is 0 Å². The number of carbonyl (C=O) groups excluding carboxylic acids is 2. The summed E-state index contributed by atoms with van der Waals surface area (Å²) in [5.74, 6) is -0.691. The van der Waals surface area contributed by atoms with Gasteiger partial charge in [0.2, 0.25) is 5.91 Å². The third-order valence-electron chi connectivity index (χ3n) is 7.20. The second kappa shape index (κ2) is 17.0. The molecule has 0 aliphatic carbocycles. The lowest BCUT2D eigenvalue weighted by molar-refractivity contribution is -0.146. The number of nitrogens with zero attached hydrogens (tertiary/aromatic N) is 3. The number of para-hydroxylation sites is 1. The molecule has 3 rings (SSSR count). The van der Waals surface area contributed by atoms with Gasteiger partial charge in [-0.15, -0.1) is 0 Å². The van der Waals surface area contributed by atoms with Crippen LogP contribution in [0.2, 0.25) is 0 Å². The molecule has 250 valence electrons. The molecule has 1 saturated heterocycles. The Morgan fingerprint density at radius 1 is 1.09 bits per heavy atom. The number of amides is 1. The lowest BCUT2D eigenvalue weighted by atomic mass is 9.97. The number of esters is 1. The Morgan fingerprint density at radius 3 is 2.36 bits per heavy atom. The van der Waals surface area contributed by atoms with Crippen molar-refractivity contribution in [3.05, 3.63) is 47.0 Å². The molecule has 15 heteroatoms. The van der Waals surface area contributed by atoms with Crippen molar-refractivity contribution in [3.8, 4) is 5.75 Å². The first kappa shape index (κ1) is 36.3. The van der Waals surface area contributed by atoms with Crippen LogP contribution in [0.4, 0.5) is 5.82 Å². The van der Waals surface area contributed by atoms with Gasteiger partial charge in [0.25, 0.3) is 0 Å². The summed E-state index contributed by atoms with van der Waals surface area (Å²) in [7, 11) is -3.80. The molecule has 2 unspecified atom stereocenters. The molecular weight excluding hydrogens is 605 g/mol. The van der Waals surface area contributed by atoms with E-state index in [1.54, 1.807) is 30.3 Å². The number of aromatic nitrogens is 3. The number of anilines is 1. The van der Waals surface area contributed by atoms with Crippen LogP contribution in [0, 0.1) is 11.8 Å². The number of hydrogen-bond acceptors (Lipinski definition) is 11. The van der Waals surface area contributed by atoms with Crippen molar-refractivity contribution in [2.75, 3.05) is 18.1 Å². The van der Waals surface area contributed by atoms with Gasteiger partial charge >= 0.3 is 19.2 Å². The highest BCUT2D eigenvalue weighted by Gasteiger charge is 2.46. The van der Waals surface area contributed by atoms with Crippen molar-refractivity contribution < 1.29 is 38.4 Å². The molecule has 14 nitrogen and oxygen atoms in total. The maximum absolute atomic E-state index is 14.0. The molecule has 0 saturated carbocycles. The molecule has 6 atom stereocenters. The second-order valence-corrected chi connectivity index (χ2v) is 13.9. The van der Waals surface area contributed by atoms with E-state index in [-0.39, 0.29) is 42.8 Å². The largest absolute Gasteiger partial charge is 0.464 e. The minimum absolute atomic E-state index is 0.0332. The van der Waals surface area contributed by atoms with Crippen LogP contribution >= 0.6 is 7.52 Å². The van der Waals surface area contributed by atoms with Crippen molar-refractivity contribution in [1.29, 1.82) is 0 Å². The fourth-order valence-corrected chi connectivity index (χ4v) is 6.92. The van der Waals surface area contributed by atoms with Gasteiger partial charge in [-0.2, -0.15) is 14.8 Å². The molecular formula is C30H46N5O9P. The van der Waals surface area contributed by atoms with Gasteiger partial charge < -0.3 is 29.5 Å². The van der Waals surface area contributed by atoms with E-state index >= 15 is 0 Å². The summed E-state index contributed by atoms with van der Waals surface area (Å²) in [4.78, 5) is 41.9. The van der Waals surface area contributed by atoms with E-state index in [2.05, 4.69) is 20.5 Å². The summed E-state index contributed by atoms with van der Waals surface area (Å²) in [6.45, 7) is 9.48. The second-order valence-electron chi connectivity index (χ2n) is 11.6. The normalized spacial score (nSPS) is 21.8. The third kappa shape index (κ3) is 10.4. The van der Waals surface area contributed by atoms with Crippen LogP contribution in [0.3, 0.4) is 0 Å². The first-order valence-electron chi connectivity index (χ1n) is 15.4. The van der Waals surface area contributed by atoms with E-state index in [9.17, 15) is 29.2 Å². The van der Waals surface area contributed by atoms with E-state index in [1.165, 1.54) is 13.1 Å². The SMILES string of the molecule is CCCC(CCC)C(=O)Nc1cnn([C@@H]2O[C@H](CCP(=O)(N[C@@H](C)C(=O)OCC(C)C)Oc3ccccc3)C(O)[C@@H]2O)c(=O)n1. The number of aliphatic hydroxyl groups excluding tert-OH is 2. The fourth-order valence-electron chi connectivity index (χ4n) is 4.89. The molecule has 0 radical (unpaired) electrons. The van der Waals surface area contributed by atoms with E-state index in [0.29, 0.717) is 18.6 Å². The summed E-state index contributed by atoms with van der Waals surface area (Å²) < 4.78 is 31.7. The molecule has 1 aromatic heterocycles. The zero-order chi connectivity index (χ0) is 33.1. The molecule has 45 heavy (non-hydrogen) atoms. The van der Waals surface area contributed by atoms with Gasteiger partial charge in [0.05, 0.1) is 25.1 Å². The van der Waals surface area contributed by atoms with Gasteiger partial charge in [-0.05, 0) is 44.2 Å². The topological polar surface area (TPSA) is 191 Å². The fraction of sp³-hybridized carbons (Fsp3) is 0.633. The van der Waals surface area contributed by atoms with Gasteiger partial charge in [0.1, 0.15) is 24.0 Å². The van der Waals surface area contributed by atoms with Crippen molar-refractivity contribution >= 4 is 25.2 Å². The first-order chi connectivity index (χ1) is 21.4. The maximum atomic E-state index is 14.0. The molecule has 1 amide bonds. The summed E-state index contributed by atoms with van der Waals surface area (Å²) in [5.41, 5.74) is -0.902. The predicted molar refractivity (Wildman–Crippen MR) is 167 cm³/mol. The lowest BCUT2D eigenvalue weighted by Gasteiger charge is -2.25. The number of nitrogens with one attached hydrogen (secondary N) is 2. The van der Waals surface area contributed by atoms with Crippen LogP contribution in [0.1, 0.15) is 73.0 Å². The van der Waals surface area contributed by atoms with Crippen molar-refractivity contribution in [3.63, 3.8) is 0 Å². The molecule has 4 N–H and O–H groups in total. The Morgan fingerprint density at radius 2 is 1.76 bits per heavy atom. The molecule has 1 aromatic carbocycles.